The molecule has 0 atom stereocenters. The lowest BCUT2D eigenvalue weighted by Crippen LogP contribution is -2.21. The van der Waals surface area contributed by atoms with Crippen LogP contribution in [0.5, 0.6) is 5.75 Å². The third kappa shape index (κ3) is 6.14. The molecule has 0 bridgehead atoms. The van der Waals surface area contributed by atoms with Crippen molar-refractivity contribution >= 4 is 23.5 Å². The van der Waals surface area contributed by atoms with Crippen LogP contribution < -0.4 is 10.1 Å². The van der Waals surface area contributed by atoms with Crippen LogP contribution in [0, 0.1) is 0 Å². The summed E-state index contributed by atoms with van der Waals surface area (Å²) in [5.41, 5.74) is 1.75. The summed E-state index contributed by atoms with van der Waals surface area (Å²) in [5.74, 6) is -0.696. The zero-order valence-corrected chi connectivity index (χ0v) is 15.2. The van der Waals surface area contributed by atoms with E-state index in [9.17, 15) is 14.4 Å². The van der Waals surface area contributed by atoms with Crippen LogP contribution in [0.25, 0.3) is 0 Å². The lowest BCUT2D eigenvalue weighted by Gasteiger charge is -2.09. The first-order valence-corrected chi connectivity index (χ1v) is 8.29. The van der Waals surface area contributed by atoms with E-state index in [0.717, 1.165) is 5.56 Å². The molecule has 142 valence electrons. The number of rotatable bonds is 8. The van der Waals surface area contributed by atoms with Crippen LogP contribution in [0.2, 0.25) is 0 Å². The molecule has 0 radical (unpaired) electrons. The highest BCUT2D eigenvalue weighted by Gasteiger charge is 2.11. The van der Waals surface area contributed by atoms with Gasteiger partial charge < -0.3 is 19.5 Å². The Labute approximate surface area is 157 Å². The Morgan fingerprint density at radius 1 is 0.963 bits per heavy atom. The highest BCUT2D eigenvalue weighted by Crippen LogP contribution is 2.19. The number of aryl methyl sites for hydroxylation is 1. The Balaban J connectivity index is 1.76. The predicted molar refractivity (Wildman–Crippen MR) is 98.7 cm³/mol. The van der Waals surface area contributed by atoms with Crippen LogP contribution in [0.1, 0.15) is 22.3 Å². The van der Waals surface area contributed by atoms with Gasteiger partial charge in [0.1, 0.15) is 5.75 Å². The molecule has 0 aliphatic carbocycles. The molecule has 0 saturated carbocycles. The lowest BCUT2D eigenvalue weighted by atomic mass is 10.1. The second-order valence-electron chi connectivity index (χ2n) is 5.59. The number of ether oxygens (including phenoxy) is 3. The molecule has 1 N–H and O–H groups in total. The van der Waals surface area contributed by atoms with Gasteiger partial charge in [-0.1, -0.05) is 18.2 Å². The van der Waals surface area contributed by atoms with Gasteiger partial charge in [-0.3, -0.25) is 9.59 Å². The first-order chi connectivity index (χ1) is 13.0. The van der Waals surface area contributed by atoms with Crippen molar-refractivity contribution in [1.29, 1.82) is 0 Å². The minimum absolute atomic E-state index is 0.140. The summed E-state index contributed by atoms with van der Waals surface area (Å²) >= 11 is 0. The number of esters is 2. The summed E-state index contributed by atoms with van der Waals surface area (Å²) in [7, 11) is 2.86. The van der Waals surface area contributed by atoms with Crippen LogP contribution in [0.3, 0.4) is 0 Å². The highest BCUT2D eigenvalue weighted by molar-refractivity contribution is 5.94. The Hall–Kier alpha value is -3.35. The van der Waals surface area contributed by atoms with E-state index in [-0.39, 0.29) is 13.0 Å². The maximum absolute atomic E-state index is 11.9. The molecule has 1 amide bonds. The lowest BCUT2D eigenvalue weighted by molar-refractivity contribution is -0.147. The molecule has 2 aromatic carbocycles. The maximum Gasteiger partial charge on any atom is 0.337 e. The van der Waals surface area contributed by atoms with Crippen molar-refractivity contribution in [3.8, 4) is 5.75 Å². The van der Waals surface area contributed by atoms with Gasteiger partial charge in [0.25, 0.3) is 5.91 Å². The third-order valence-corrected chi connectivity index (χ3v) is 3.74. The van der Waals surface area contributed by atoms with E-state index in [1.165, 1.54) is 19.2 Å². The summed E-state index contributed by atoms with van der Waals surface area (Å²) in [6.45, 7) is -0.385. The van der Waals surface area contributed by atoms with Crippen LogP contribution in [-0.4, -0.2) is 38.7 Å². The molecule has 0 aliphatic heterocycles. The largest absolute Gasteiger partial charge is 0.496 e. The van der Waals surface area contributed by atoms with E-state index in [4.69, 9.17) is 9.47 Å². The molecule has 0 saturated heterocycles. The van der Waals surface area contributed by atoms with Crippen molar-refractivity contribution in [2.24, 2.45) is 0 Å². The Kier molecular flexibility index (Phi) is 7.37. The van der Waals surface area contributed by atoms with Gasteiger partial charge in [0.05, 0.1) is 19.8 Å². The third-order valence-electron chi connectivity index (χ3n) is 3.74. The molecule has 0 heterocycles. The molecule has 0 fully saturated rings. The fraction of sp³-hybridized carbons (Fsp3) is 0.250. The summed E-state index contributed by atoms with van der Waals surface area (Å²) in [4.78, 5) is 35.1. The monoisotopic (exact) mass is 371 g/mol. The number of nitrogens with one attached hydrogen (secondary N) is 1. The molecule has 0 spiro atoms. The molecule has 2 aromatic rings. The minimum atomic E-state index is -0.475. The molecule has 7 heteroatoms. The summed E-state index contributed by atoms with van der Waals surface area (Å²) < 4.78 is 14.8. The number of para-hydroxylation sites is 1. The average molecular weight is 371 g/mol. The van der Waals surface area contributed by atoms with Gasteiger partial charge in [-0.05, 0) is 42.3 Å². The second kappa shape index (κ2) is 9.96. The van der Waals surface area contributed by atoms with E-state index in [1.54, 1.807) is 19.2 Å². The maximum atomic E-state index is 11.9. The highest BCUT2D eigenvalue weighted by atomic mass is 16.5. The smallest absolute Gasteiger partial charge is 0.337 e. The Bertz CT molecular complexity index is 800. The SMILES string of the molecule is COC(=O)c1ccc(NC(=O)COC(=O)CCc2ccccc2OC)cc1. The normalized spacial score (nSPS) is 10.0. The van der Waals surface area contributed by atoms with Crippen molar-refractivity contribution in [1.82, 2.24) is 0 Å². The molecular formula is C20H21NO6. The van der Waals surface area contributed by atoms with E-state index in [1.807, 2.05) is 24.3 Å². The molecule has 0 unspecified atom stereocenters. The molecule has 0 aromatic heterocycles. The number of hydrogen-bond acceptors (Lipinski definition) is 6. The van der Waals surface area contributed by atoms with Crippen molar-refractivity contribution in [2.45, 2.75) is 12.8 Å². The number of hydrogen-bond donors (Lipinski definition) is 1. The topological polar surface area (TPSA) is 90.9 Å². The minimum Gasteiger partial charge on any atom is -0.496 e. The zero-order valence-electron chi connectivity index (χ0n) is 15.2. The summed E-state index contributed by atoms with van der Waals surface area (Å²) in [6.07, 6.45) is 0.598. The Morgan fingerprint density at radius 3 is 2.33 bits per heavy atom. The number of benzene rings is 2. The molecular weight excluding hydrogens is 350 g/mol. The standard InChI is InChI=1S/C20H21NO6/c1-25-17-6-4-3-5-14(17)9-12-19(23)27-13-18(22)21-16-10-7-15(8-11-16)20(24)26-2/h3-8,10-11H,9,12-13H2,1-2H3,(H,21,22). The summed E-state index contributed by atoms with van der Waals surface area (Å²) in [5, 5.41) is 2.59. The number of amides is 1. The van der Waals surface area contributed by atoms with Crippen molar-refractivity contribution in [2.75, 3.05) is 26.1 Å². The molecule has 2 rings (SSSR count). The van der Waals surface area contributed by atoms with E-state index < -0.39 is 17.8 Å². The van der Waals surface area contributed by atoms with Gasteiger partial charge in [0.2, 0.25) is 0 Å². The first kappa shape index (κ1) is 20.0. The van der Waals surface area contributed by atoms with Crippen LogP contribution >= 0.6 is 0 Å². The van der Waals surface area contributed by atoms with Crippen molar-refractivity contribution in [3.63, 3.8) is 0 Å². The Morgan fingerprint density at radius 2 is 1.67 bits per heavy atom. The molecule has 7 nitrogen and oxygen atoms in total. The summed E-state index contributed by atoms with van der Waals surface area (Å²) in [6, 6.07) is 13.6. The van der Waals surface area contributed by atoms with Gasteiger partial charge in [-0.2, -0.15) is 0 Å². The van der Waals surface area contributed by atoms with E-state index in [2.05, 4.69) is 10.1 Å². The predicted octanol–water partition coefficient (Wildman–Crippen LogP) is 2.60. The molecule has 0 aliphatic rings. The zero-order chi connectivity index (χ0) is 19.6. The van der Waals surface area contributed by atoms with Crippen molar-refractivity contribution < 1.29 is 28.6 Å². The number of anilines is 1. The van der Waals surface area contributed by atoms with E-state index in [0.29, 0.717) is 23.4 Å². The first-order valence-electron chi connectivity index (χ1n) is 8.29. The fourth-order valence-corrected chi connectivity index (χ4v) is 2.37. The number of carbonyl (C=O) groups excluding carboxylic acids is 3. The van der Waals surface area contributed by atoms with Gasteiger partial charge >= 0.3 is 11.9 Å². The van der Waals surface area contributed by atoms with E-state index >= 15 is 0 Å². The second-order valence-corrected chi connectivity index (χ2v) is 5.59. The van der Waals surface area contributed by atoms with Crippen LogP contribution in [-0.2, 0) is 25.5 Å². The number of methoxy groups -OCH3 is 2. The average Bonchev–Trinajstić information content (AvgIpc) is 2.70. The fourth-order valence-electron chi connectivity index (χ4n) is 2.37. The van der Waals surface area contributed by atoms with Gasteiger partial charge in [-0.15, -0.1) is 0 Å². The van der Waals surface area contributed by atoms with Gasteiger partial charge in [0.15, 0.2) is 6.61 Å². The van der Waals surface area contributed by atoms with Crippen LogP contribution in [0.4, 0.5) is 5.69 Å². The quantitative estimate of drug-likeness (QED) is 0.717. The number of carbonyl (C=O) groups is 3. The van der Waals surface area contributed by atoms with Gasteiger partial charge in [0, 0.05) is 12.1 Å². The van der Waals surface area contributed by atoms with Gasteiger partial charge in [-0.25, -0.2) is 4.79 Å². The molecule has 27 heavy (non-hydrogen) atoms. The van der Waals surface area contributed by atoms with Crippen LogP contribution in [0.15, 0.2) is 48.5 Å². The van der Waals surface area contributed by atoms with Crippen molar-refractivity contribution in [3.05, 3.63) is 59.7 Å².